The summed E-state index contributed by atoms with van der Waals surface area (Å²) < 4.78 is 20.9. The quantitative estimate of drug-likeness (QED) is 0.402. The van der Waals surface area contributed by atoms with E-state index in [4.69, 9.17) is 10.5 Å². The Labute approximate surface area is 211 Å². The number of hydrogen-bond donors (Lipinski definition) is 2. The molecule has 11 heteroatoms. The molecule has 0 bridgehead atoms. The number of fused-ring (bicyclic) bond motifs is 1. The first kappa shape index (κ1) is 25.2. The Bertz CT molecular complexity index is 1220. The zero-order valence-electron chi connectivity index (χ0n) is 19.8. The predicted octanol–water partition coefficient (Wildman–Crippen LogP) is 4.59. The number of hydrogen-bond acceptors (Lipinski definition) is 7. The number of carbonyl (C=O) groups excluding carboxylic acids is 2. The molecular formula is C24H28FN5O3S2. The molecule has 2 atom stereocenters. The molecule has 186 valence electrons. The minimum atomic E-state index is -0.509. The summed E-state index contributed by atoms with van der Waals surface area (Å²) in [6.07, 6.45) is 2.28. The van der Waals surface area contributed by atoms with Gasteiger partial charge in [0.15, 0.2) is 17.1 Å². The van der Waals surface area contributed by atoms with Crippen LogP contribution in [0.25, 0.3) is 0 Å². The van der Waals surface area contributed by atoms with Gasteiger partial charge in [0.2, 0.25) is 5.91 Å². The van der Waals surface area contributed by atoms with Crippen LogP contribution < -0.4 is 15.8 Å². The molecule has 0 saturated carbocycles. The Kier molecular flexibility index (Phi) is 7.75. The number of nitrogens with zero attached hydrogens (tertiary/aromatic N) is 3. The van der Waals surface area contributed by atoms with Gasteiger partial charge in [-0.2, -0.15) is 0 Å². The fraction of sp³-hybridized carbons (Fsp3) is 0.417. The van der Waals surface area contributed by atoms with Crippen LogP contribution in [0.1, 0.15) is 59.9 Å². The van der Waals surface area contributed by atoms with E-state index in [2.05, 4.69) is 22.4 Å². The molecule has 2 aromatic heterocycles. The van der Waals surface area contributed by atoms with Crippen LogP contribution in [-0.4, -0.2) is 32.3 Å². The van der Waals surface area contributed by atoms with Crippen molar-refractivity contribution in [2.45, 2.75) is 57.8 Å². The van der Waals surface area contributed by atoms with Gasteiger partial charge in [-0.15, -0.1) is 21.5 Å². The van der Waals surface area contributed by atoms with Gasteiger partial charge in [0.05, 0.1) is 11.3 Å². The summed E-state index contributed by atoms with van der Waals surface area (Å²) in [4.78, 5) is 26.0. The Hall–Kier alpha value is -2.92. The Morgan fingerprint density at radius 1 is 1.34 bits per heavy atom. The fourth-order valence-electron chi connectivity index (χ4n) is 4.17. The minimum Gasteiger partial charge on any atom is -0.483 e. The number of benzene rings is 1. The summed E-state index contributed by atoms with van der Waals surface area (Å²) >= 11 is 2.70. The van der Waals surface area contributed by atoms with Gasteiger partial charge in [-0.05, 0) is 68.9 Å². The summed E-state index contributed by atoms with van der Waals surface area (Å²) in [6, 6.07) is 5.78. The van der Waals surface area contributed by atoms with E-state index in [0.29, 0.717) is 39.8 Å². The number of thiophene rings is 1. The maximum absolute atomic E-state index is 13.2. The van der Waals surface area contributed by atoms with Crippen LogP contribution in [0.2, 0.25) is 0 Å². The summed E-state index contributed by atoms with van der Waals surface area (Å²) in [5.41, 5.74) is 7.08. The van der Waals surface area contributed by atoms with Crippen molar-refractivity contribution >= 4 is 39.9 Å². The number of thioether (sulfide) groups is 1. The first-order valence-electron chi connectivity index (χ1n) is 11.5. The molecule has 1 aliphatic carbocycles. The number of aromatic nitrogens is 3. The standard InChI is InChI=1S/C24H28FN5O3S2/c1-4-30-22(14(3)33-16-8-6-15(25)7-9-16)28-29-24(30)34-12-19(31)27-23-20(21(26)32)17-10-5-13(2)11-18(17)35-23/h6-9,13-14H,4-5,10-12H2,1-3H3,(H2,26,32)(H,27,31). The summed E-state index contributed by atoms with van der Waals surface area (Å²) in [6.45, 7) is 6.57. The molecule has 3 aromatic rings. The maximum atomic E-state index is 13.2. The zero-order chi connectivity index (χ0) is 25.1. The van der Waals surface area contributed by atoms with E-state index in [-0.39, 0.29) is 17.5 Å². The molecule has 2 amide bonds. The highest BCUT2D eigenvalue weighted by Gasteiger charge is 2.27. The number of primary amides is 1. The summed E-state index contributed by atoms with van der Waals surface area (Å²) in [7, 11) is 0. The highest BCUT2D eigenvalue weighted by Crippen LogP contribution is 2.39. The lowest BCUT2D eigenvalue weighted by atomic mass is 9.88. The molecule has 1 aliphatic rings. The Morgan fingerprint density at radius 2 is 2.09 bits per heavy atom. The average Bonchev–Trinajstić information content (AvgIpc) is 3.39. The number of carbonyl (C=O) groups is 2. The molecular weight excluding hydrogens is 489 g/mol. The summed E-state index contributed by atoms with van der Waals surface area (Å²) in [5, 5.41) is 12.5. The van der Waals surface area contributed by atoms with E-state index >= 15 is 0 Å². The molecule has 3 N–H and O–H groups in total. The normalized spacial score (nSPS) is 15.9. The third-order valence-electron chi connectivity index (χ3n) is 5.90. The molecule has 0 aliphatic heterocycles. The van der Waals surface area contributed by atoms with Crippen LogP contribution >= 0.6 is 23.1 Å². The average molecular weight is 518 g/mol. The van der Waals surface area contributed by atoms with Gasteiger partial charge in [0.1, 0.15) is 16.6 Å². The van der Waals surface area contributed by atoms with E-state index in [1.807, 2.05) is 18.4 Å². The van der Waals surface area contributed by atoms with Gasteiger partial charge < -0.3 is 20.4 Å². The van der Waals surface area contributed by atoms with Crippen molar-refractivity contribution in [3.05, 3.63) is 51.9 Å². The molecule has 0 saturated heterocycles. The number of nitrogens with one attached hydrogen (secondary N) is 1. The minimum absolute atomic E-state index is 0.0997. The molecule has 2 heterocycles. The topological polar surface area (TPSA) is 112 Å². The van der Waals surface area contributed by atoms with Crippen LogP contribution in [0.4, 0.5) is 9.39 Å². The third kappa shape index (κ3) is 5.67. The molecule has 35 heavy (non-hydrogen) atoms. The van der Waals surface area contributed by atoms with Gasteiger partial charge in [-0.3, -0.25) is 9.59 Å². The van der Waals surface area contributed by atoms with Crippen LogP contribution in [0.3, 0.4) is 0 Å². The van der Waals surface area contributed by atoms with E-state index in [1.54, 1.807) is 12.1 Å². The molecule has 1 aromatic carbocycles. The van der Waals surface area contributed by atoms with Crippen molar-refractivity contribution in [2.24, 2.45) is 11.7 Å². The Balaban J connectivity index is 1.42. The maximum Gasteiger partial charge on any atom is 0.251 e. The monoisotopic (exact) mass is 517 g/mol. The lowest BCUT2D eigenvalue weighted by Crippen LogP contribution is -2.20. The van der Waals surface area contributed by atoms with Crippen molar-refractivity contribution in [1.29, 1.82) is 0 Å². The number of nitrogens with two attached hydrogens (primary N) is 1. The highest BCUT2D eigenvalue weighted by molar-refractivity contribution is 7.99. The zero-order valence-corrected chi connectivity index (χ0v) is 21.5. The number of rotatable bonds is 9. The molecule has 4 rings (SSSR count). The van der Waals surface area contributed by atoms with E-state index in [1.165, 1.54) is 35.2 Å². The van der Waals surface area contributed by atoms with Gasteiger partial charge in [-0.25, -0.2) is 4.39 Å². The van der Waals surface area contributed by atoms with Gasteiger partial charge in [0, 0.05) is 11.4 Å². The van der Waals surface area contributed by atoms with E-state index in [9.17, 15) is 14.0 Å². The van der Waals surface area contributed by atoms with Crippen LogP contribution in [0.15, 0.2) is 29.4 Å². The highest BCUT2D eigenvalue weighted by atomic mass is 32.2. The van der Waals surface area contributed by atoms with Crippen molar-refractivity contribution in [2.75, 3.05) is 11.1 Å². The molecule has 0 radical (unpaired) electrons. The number of halogens is 1. The van der Waals surface area contributed by atoms with Crippen molar-refractivity contribution in [3.8, 4) is 5.75 Å². The molecule has 2 unspecified atom stereocenters. The number of anilines is 1. The van der Waals surface area contributed by atoms with Gasteiger partial charge in [0.25, 0.3) is 5.91 Å². The second-order valence-corrected chi connectivity index (χ2v) is 10.6. The molecule has 0 fully saturated rings. The number of ether oxygens (including phenoxy) is 1. The lowest BCUT2D eigenvalue weighted by Gasteiger charge is -2.18. The van der Waals surface area contributed by atoms with E-state index < -0.39 is 12.0 Å². The van der Waals surface area contributed by atoms with Gasteiger partial charge in [-0.1, -0.05) is 18.7 Å². The van der Waals surface area contributed by atoms with Crippen LogP contribution in [-0.2, 0) is 24.2 Å². The number of amides is 2. The van der Waals surface area contributed by atoms with E-state index in [0.717, 1.165) is 29.7 Å². The Morgan fingerprint density at radius 3 is 2.77 bits per heavy atom. The van der Waals surface area contributed by atoms with Crippen LogP contribution in [0.5, 0.6) is 5.75 Å². The van der Waals surface area contributed by atoms with Crippen molar-refractivity contribution < 1.29 is 18.7 Å². The van der Waals surface area contributed by atoms with Crippen molar-refractivity contribution in [1.82, 2.24) is 14.8 Å². The fourth-order valence-corrected chi connectivity index (χ4v) is 6.41. The molecule has 8 nitrogen and oxygen atoms in total. The molecule has 0 spiro atoms. The third-order valence-corrected chi connectivity index (χ3v) is 8.03. The smallest absolute Gasteiger partial charge is 0.251 e. The largest absolute Gasteiger partial charge is 0.483 e. The van der Waals surface area contributed by atoms with Crippen LogP contribution in [0, 0.1) is 11.7 Å². The lowest BCUT2D eigenvalue weighted by molar-refractivity contribution is -0.113. The first-order chi connectivity index (χ1) is 16.8. The second-order valence-electron chi connectivity index (χ2n) is 8.56. The first-order valence-corrected chi connectivity index (χ1v) is 13.3. The SMILES string of the molecule is CCn1c(SCC(=O)Nc2sc3c(c2C(N)=O)CCC(C)C3)nnc1C(C)Oc1ccc(F)cc1. The van der Waals surface area contributed by atoms with Crippen molar-refractivity contribution in [3.63, 3.8) is 0 Å². The summed E-state index contributed by atoms with van der Waals surface area (Å²) in [5.74, 6) is 0.691. The second kappa shape index (κ2) is 10.8. The predicted molar refractivity (Wildman–Crippen MR) is 135 cm³/mol. The van der Waals surface area contributed by atoms with Gasteiger partial charge >= 0.3 is 0 Å².